The molecule has 18 heavy (non-hydrogen) atoms. The average Bonchev–Trinajstić information content (AvgIpc) is 2.32. The van der Waals surface area contributed by atoms with E-state index >= 15 is 0 Å². The summed E-state index contributed by atoms with van der Waals surface area (Å²) < 4.78 is 0. The predicted molar refractivity (Wildman–Crippen MR) is 72.8 cm³/mol. The molecule has 2 rings (SSSR count). The molecule has 1 heterocycles. The summed E-state index contributed by atoms with van der Waals surface area (Å²) in [6, 6.07) is 3.62. The van der Waals surface area contributed by atoms with Crippen LogP contribution in [0.1, 0.15) is 55.3 Å². The highest BCUT2D eigenvalue weighted by atomic mass is 35.5. The van der Waals surface area contributed by atoms with E-state index in [-0.39, 0.29) is 5.91 Å². The second kappa shape index (κ2) is 6.74. The Kier molecular flexibility index (Phi) is 5.00. The van der Waals surface area contributed by atoms with Gasteiger partial charge in [-0.25, -0.2) is 4.98 Å². The van der Waals surface area contributed by atoms with Gasteiger partial charge >= 0.3 is 0 Å². The molecule has 1 aromatic heterocycles. The third-order valence-corrected chi connectivity index (χ3v) is 3.64. The third kappa shape index (κ3) is 3.98. The van der Waals surface area contributed by atoms with Crippen molar-refractivity contribution in [1.82, 2.24) is 10.3 Å². The molecule has 3 nitrogen and oxygen atoms in total. The second-order valence-electron chi connectivity index (χ2n) is 4.88. The van der Waals surface area contributed by atoms with Gasteiger partial charge in [-0.2, -0.15) is 0 Å². The van der Waals surface area contributed by atoms with Crippen molar-refractivity contribution in [1.29, 1.82) is 0 Å². The Morgan fingerprint density at radius 2 is 1.89 bits per heavy atom. The topological polar surface area (TPSA) is 42.0 Å². The Bertz CT molecular complexity index is 401. The molecule has 1 saturated carbocycles. The number of aromatic nitrogens is 1. The van der Waals surface area contributed by atoms with E-state index in [9.17, 15) is 4.79 Å². The molecule has 4 heteroatoms. The van der Waals surface area contributed by atoms with Gasteiger partial charge in [-0.15, -0.1) is 0 Å². The monoisotopic (exact) mass is 266 g/mol. The molecule has 0 radical (unpaired) electrons. The first-order valence-electron chi connectivity index (χ1n) is 6.68. The number of carbonyl (C=O) groups excluding carboxylic acids is 1. The fourth-order valence-corrected chi connectivity index (χ4v) is 2.59. The maximum absolute atomic E-state index is 12.1. The zero-order valence-corrected chi connectivity index (χ0v) is 11.2. The van der Waals surface area contributed by atoms with Crippen molar-refractivity contribution in [2.75, 3.05) is 0 Å². The van der Waals surface area contributed by atoms with Gasteiger partial charge in [0.25, 0.3) is 5.91 Å². The van der Waals surface area contributed by atoms with Crippen molar-refractivity contribution in [2.45, 2.75) is 51.0 Å². The number of pyridine rings is 1. The molecule has 0 spiro atoms. The predicted octanol–water partition coefficient (Wildman–Crippen LogP) is 3.58. The van der Waals surface area contributed by atoms with Crippen LogP contribution in [-0.2, 0) is 0 Å². The van der Waals surface area contributed by atoms with E-state index in [0.29, 0.717) is 16.8 Å². The van der Waals surface area contributed by atoms with Crippen LogP contribution in [0, 0.1) is 0 Å². The minimum atomic E-state index is -0.0372. The molecule has 98 valence electrons. The van der Waals surface area contributed by atoms with E-state index in [2.05, 4.69) is 10.3 Å². The first-order chi connectivity index (χ1) is 8.75. The third-order valence-electron chi connectivity index (χ3n) is 3.43. The number of rotatable bonds is 2. The lowest BCUT2D eigenvalue weighted by atomic mass is 9.96. The fourth-order valence-electron chi connectivity index (χ4n) is 2.41. The van der Waals surface area contributed by atoms with Gasteiger partial charge in [0.1, 0.15) is 5.15 Å². The molecule has 1 aromatic rings. The van der Waals surface area contributed by atoms with Gasteiger partial charge < -0.3 is 5.32 Å². The van der Waals surface area contributed by atoms with Crippen molar-refractivity contribution in [3.05, 3.63) is 29.0 Å². The van der Waals surface area contributed by atoms with Gasteiger partial charge in [0.2, 0.25) is 0 Å². The summed E-state index contributed by atoms with van der Waals surface area (Å²) >= 11 is 5.79. The number of hydrogen-bond donors (Lipinski definition) is 1. The van der Waals surface area contributed by atoms with Gasteiger partial charge in [0.15, 0.2) is 0 Å². The highest BCUT2D eigenvalue weighted by molar-refractivity contribution is 6.29. The molecule has 0 saturated heterocycles. The molecule has 1 aliphatic rings. The summed E-state index contributed by atoms with van der Waals surface area (Å²) in [5, 5.41) is 3.47. The Morgan fingerprint density at radius 1 is 1.22 bits per heavy atom. The summed E-state index contributed by atoms with van der Waals surface area (Å²) in [5.74, 6) is -0.0372. The minimum absolute atomic E-state index is 0.0372. The molecule has 0 atom stereocenters. The Balaban J connectivity index is 1.93. The smallest absolute Gasteiger partial charge is 0.251 e. The van der Waals surface area contributed by atoms with Crippen LogP contribution in [0.5, 0.6) is 0 Å². The van der Waals surface area contributed by atoms with Crippen LogP contribution in [0.3, 0.4) is 0 Å². The SMILES string of the molecule is O=C(NC1CCCCCCC1)c1ccnc(Cl)c1. The molecule has 0 unspecified atom stereocenters. The van der Waals surface area contributed by atoms with Gasteiger partial charge in [0.05, 0.1) is 0 Å². The Hall–Kier alpha value is -1.09. The number of halogens is 1. The molecule has 1 aliphatic carbocycles. The van der Waals surface area contributed by atoms with E-state index in [1.54, 1.807) is 18.3 Å². The lowest BCUT2D eigenvalue weighted by Gasteiger charge is -2.21. The summed E-state index contributed by atoms with van der Waals surface area (Å²) in [5.41, 5.74) is 0.594. The van der Waals surface area contributed by atoms with E-state index in [0.717, 1.165) is 12.8 Å². The molecule has 1 N–H and O–H groups in total. The lowest BCUT2D eigenvalue weighted by molar-refractivity contribution is 0.0930. The standard InChI is InChI=1S/C14H19ClN2O/c15-13-10-11(8-9-16-13)14(18)17-12-6-4-2-1-3-5-7-12/h8-10,12H,1-7H2,(H,17,18). The minimum Gasteiger partial charge on any atom is -0.349 e. The number of hydrogen-bond acceptors (Lipinski definition) is 2. The second-order valence-corrected chi connectivity index (χ2v) is 5.27. The van der Waals surface area contributed by atoms with Gasteiger partial charge in [0, 0.05) is 17.8 Å². The van der Waals surface area contributed by atoms with Crippen molar-refractivity contribution in [2.24, 2.45) is 0 Å². The lowest BCUT2D eigenvalue weighted by Crippen LogP contribution is -2.35. The van der Waals surface area contributed by atoms with E-state index in [1.165, 1.54) is 32.1 Å². The van der Waals surface area contributed by atoms with Crippen LogP contribution in [0.25, 0.3) is 0 Å². The molecule has 0 aromatic carbocycles. The van der Waals surface area contributed by atoms with Gasteiger partial charge in [-0.05, 0) is 25.0 Å². The Labute approximate surface area is 113 Å². The van der Waals surface area contributed by atoms with E-state index < -0.39 is 0 Å². The quantitative estimate of drug-likeness (QED) is 0.832. The molecule has 0 aliphatic heterocycles. The zero-order valence-electron chi connectivity index (χ0n) is 10.5. The number of nitrogens with one attached hydrogen (secondary N) is 1. The summed E-state index contributed by atoms with van der Waals surface area (Å²) in [4.78, 5) is 15.9. The Morgan fingerprint density at radius 3 is 2.56 bits per heavy atom. The van der Waals surface area contributed by atoms with Crippen molar-refractivity contribution >= 4 is 17.5 Å². The number of amides is 1. The van der Waals surface area contributed by atoms with Crippen LogP contribution < -0.4 is 5.32 Å². The number of nitrogens with zero attached hydrogens (tertiary/aromatic N) is 1. The normalized spacial score (nSPS) is 17.8. The molecular weight excluding hydrogens is 248 g/mol. The van der Waals surface area contributed by atoms with Crippen molar-refractivity contribution in [3.8, 4) is 0 Å². The summed E-state index contributed by atoms with van der Waals surface area (Å²) in [7, 11) is 0. The highest BCUT2D eigenvalue weighted by Crippen LogP contribution is 2.17. The summed E-state index contributed by atoms with van der Waals surface area (Å²) in [6.07, 6.45) is 10.1. The van der Waals surface area contributed by atoms with Crippen LogP contribution >= 0.6 is 11.6 Å². The maximum atomic E-state index is 12.1. The first kappa shape index (κ1) is 13.3. The molecule has 0 bridgehead atoms. The van der Waals surface area contributed by atoms with Crippen LogP contribution in [-0.4, -0.2) is 16.9 Å². The van der Waals surface area contributed by atoms with Gasteiger partial charge in [-0.3, -0.25) is 4.79 Å². The van der Waals surface area contributed by atoms with Crippen molar-refractivity contribution in [3.63, 3.8) is 0 Å². The molecule has 1 fully saturated rings. The molecule has 1 amide bonds. The van der Waals surface area contributed by atoms with Crippen molar-refractivity contribution < 1.29 is 4.79 Å². The van der Waals surface area contributed by atoms with E-state index in [1.807, 2.05) is 0 Å². The average molecular weight is 267 g/mol. The van der Waals surface area contributed by atoms with Crippen LogP contribution in [0.4, 0.5) is 0 Å². The van der Waals surface area contributed by atoms with Crippen LogP contribution in [0.15, 0.2) is 18.3 Å². The number of carbonyl (C=O) groups is 1. The van der Waals surface area contributed by atoms with E-state index in [4.69, 9.17) is 11.6 Å². The maximum Gasteiger partial charge on any atom is 0.251 e. The van der Waals surface area contributed by atoms with Gasteiger partial charge in [-0.1, -0.05) is 43.7 Å². The largest absolute Gasteiger partial charge is 0.349 e. The zero-order chi connectivity index (χ0) is 12.8. The molecular formula is C14H19ClN2O. The highest BCUT2D eigenvalue weighted by Gasteiger charge is 2.15. The van der Waals surface area contributed by atoms with Crippen LogP contribution in [0.2, 0.25) is 5.15 Å². The first-order valence-corrected chi connectivity index (χ1v) is 7.06. The summed E-state index contributed by atoms with van der Waals surface area (Å²) in [6.45, 7) is 0. The fraction of sp³-hybridized carbons (Fsp3) is 0.571.